The Morgan fingerprint density at radius 3 is 1.97 bits per heavy atom. The molecule has 1 N–H and O–H groups in total. The summed E-state index contributed by atoms with van der Waals surface area (Å²) in [7, 11) is 0. The summed E-state index contributed by atoms with van der Waals surface area (Å²) < 4.78 is 6.47. The first-order chi connectivity index (χ1) is 15.7. The van der Waals surface area contributed by atoms with Gasteiger partial charge in [-0.25, -0.2) is 0 Å². The summed E-state index contributed by atoms with van der Waals surface area (Å²) in [5.74, 6) is 3.61. The van der Waals surface area contributed by atoms with Gasteiger partial charge in [0.25, 0.3) is 0 Å². The Hall–Kier alpha value is -2.58. The van der Waals surface area contributed by atoms with E-state index >= 15 is 0 Å². The van der Waals surface area contributed by atoms with Crippen LogP contribution in [0, 0.1) is 17.8 Å². The normalized spacial score (nSPS) is 29.1. The minimum absolute atomic E-state index is 0.215. The zero-order chi connectivity index (χ0) is 21.5. The van der Waals surface area contributed by atoms with Gasteiger partial charge in [0, 0.05) is 5.56 Å². The van der Waals surface area contributed by atoms with Gasteiger partial charge in [-0.15, -0.1) is 0 Å². The van der Waals surface area contributed by atoms with Gasteiger partial charge in [-0.2, -0.15) is 0 Å². The van der Waals surface area contributed by atoms with E-state index in [1.54, 1.807) is 0 Å². The lowest BCUT2D eigenvalue weighted by molar-refractivity contribution is -0.00656. The average molecular weight is 425 g/mol. The van der Waals surface area contributed by atoms with Crippen LogP contribution in [0.25, 0.3) is 0 Å². The molecule has 1 atom stereocenters. The van der Waals surface area contributed by atoms with E-state index in [1.807, 2.05) is 36.4 Å². The molecule has 3 aromatic rings. The molecule has 0 aromatic heterocycles. The molecule has 1 unspecified atom stereocenters. The minimum atomic E-state index is -0.605. The fraction of sp³-hybridized carbons (Fsp3) is 0.400. The van der Waals surface area contributed by atoms with Crippen LogP contribution in [0.5, 0.6) is 5.75 Å². The van der Waals surface area contributed by atoms with E-state index in [-0.39, 0.29) is 5.41 Å². The van der Waals surface area contributed by atoms with Crippen molar-refractivity contribution in [1.82, 2.24) is 0 Å². The van der Waals surface area contributed by atoms with Crippen LogP contribution in [0.1, 0.15) is 66.9 Å². The van der Waals surface area contributed by atoms with Crippen molar-refractivity contribution in [1.29, 1.82) is 0 Å². The van der Waals surface area contributed by atoms with E-state index in [0.29, 0.717) is 6.61 Å². The van der Waals surface area contributed by atoms with E-state index in [4.69, 9.17) is 4.74 Å². The van der Waals surface area contributed by atoms with Crippen molar-refractivity contribution >= 4 is 0 Å². The van der Waals surface area contributed by atoms with Crippen LogP contribution in [0.4, 0.5) is 0 Å². The molecule has 0 aliphatic heterocycles. The first kappa shape index (κ1) is 20.1. The summed E-state index contributed by atoms with van der Waals surface area (Å²) in [5.41, 5.74) is 4.68. The second-order valence-corrected chi connectivity index (χ2v) is 10.5. The minimum Gasteiger partial charge on any atom is -0.489 e. The second kappa shape index (κ2) is 8.08. The third-order valence-electron chi connectivity index (χ3n) is 8.28. The number of hydrogen-bond donors (Lipinski definition) is 1. The molecule has 4 fully saturated rings. The third-order valence-corrected chi connectivity index (χ3v) is 8.28. The molecule has 0 amide bonds. The van der Waals surface area contributed by atoms with Crippen LogP contribution in [-0.2, 0) is 12.0 Å². The third kappa shape index (κ3) is 3.65. The Balaban J connectivity index is 1.38. The van der Waals surface area contributed by atoms with E-state index < -0.39 is 6.10 Å². The van der Waals surface area contributed by atoms with Gasteiger partial charge < -0.3 is 9.84 Å². The first-order valence-electron chi connectivity index (χ1n) is 12.2. The maximum absolute atomic E-state index is 11.2. The van der Waals surface area contributed by atoms with Gasteiger partial charge in [-0.1, -0.05) is 66.7 Å². The summed E-state index contributed by atoms with van der Waals surface area (Å²) in [6.45, 7) is 0.584. The summed E-state index contributed by atoms with van der Waals surface area (Å²) in [4.78, 5) is 0. The molecular weight excluding hydrogens is 392 g/mol. The Morgan fingerprint density at radius 2 is 1.34 bits per heavy atom. The van der Waals surface area contributed by atoms with E-state index in [1.165, 1.54) is 49.7 Å². The van der Waals surface area contributed by atoms with Gasteiger partial charge in [-0.05, 0) is 90.5 Å². The van der Waals surface area contributed by atoms with Crippen LogP contribution >= 0.6 is 0 Å². The molecule has 4 aliphatic carbocycles. The Morgan fingerprint density at radius 1 is 0.750 bits per heavy atom. The van der Waals surface area contributed by atoms with E-state index in [9.17, 15) is 5.11 Å². The van der Waals surface area contributed by atoms with Crippen LogP contribution in [0.15, 0.2) is 78.9 Å². The lowest BCUT2D eigenvalue weighted by Gasteiger charge is -2.57. The molecule has 0 spiro atoms. The molecule has 2 nitrogen and oxygen atoms in total. The Kier molecular flexibility index (Phi) is 5.07. The van der Waals surface area contributed by atoms with Crippen LogP contribution in [-0.4, -0.2) is 5.11 Å². The van der Waals surface area contributed by atoms with Gasteiger partial charge >= 0.3 is 0 Å². The Labute approximate surface area is 191 Å². The number of aliphatic hydroxyl groups excluding tert-OH is 1. The van der Waals surface area contributed by atoms with Crippen LogP contribution in [0.2, 0.25) is 0 Å². The summed E-state index contributed by atoms with van der Waals surface area (Å²) in [6, 6.07) is 26.9. The highest BCUT2D eigenvalue weighted by molar-refractivity contribution is 5.46. The molecule has 7 rings (SSSR count). The summed E-state index contributed by atoms with van der Waals surface area (Å²) in [6.07, 6.45) is 7.51. The average Bonchev–Trinajstić information content (AvgIpc) is 2.82. The quantitative estimate of drug-likeness (QED) is 0.471. The number of hydrogen-bond acceptors (Lipinski definition) is 2. The van der Waals surface area contributed by atoms with Gasteiger partial charge in [0.2, 0.25) is 0 Å². The molecule has 4 bridgehead atoms. The lowest BCUT2D eigenvalue weighted by atomic mass is 9.48. The predicted molar refractivity (Wildman–Crippen MR) is 128 cm³/mol. The van der Waals surface area contributed by atoms with E-state index in [0.717, 1.165) is 34.6 Å². The molecule has 0 heterocycles. The standard InChI is InChI=1S/C30H32O2/c31-29(25-9-5-2-6-10-25)26-11-12-28(32-20-21-7-3-1-4-8-21)27(16-26)30-17-22-13-23(18-30)15-24(14-22)19-30/h1-12,16,22-24,29,31H,13-15,17-20H2. The maximum atomic E-state index is 11.2. The molecule has 32 heavy (non-hydrogen) atoms. The zero-order valence-electron chi connectivity index (χ0n) is 18.6. The highest BCUT2D eigenvalue weighted by Crippen LogP contribution is 2.62. The molecule has 164 valence electrons. The fourth-order valence-corrected chi connectivity index (χ4v) is 7.26. The Bertz CT molecular complexity index is 1040. The van der Waals surface area contributed by atoms with Crippen molar-refractivity contribution in [2.75, 3.05) is 0 Å². The molecule has 2 heteroatoms. The summed E-state index contributed by atoms with van der Waals surface area (Å²) >= 11 is 0. The van der Waals surface area contributed by atoms with Crippen molar-refractivity contribution in [3.05, 3.63) is 101 Å². The van der Waals surface area contributed by atoms with Crippen LogP contribution < -0.4 is 4.74 Å². The van der Waals surface area contributed by atoms with Gasteiger partial charge in [0.1, 0.15) is 18.5 Å². The van der Waals surface area contributed by atoms with Crippen molar-refractivity contribution in [2.45, 2.75) is 56.7 Å². The van der Waals surface area contributed by atoms with Gasteiger partial charge in [0.05, 0.1) is 0 Å². The molecule has 4 saturated carbocycles. The lowest BCUT2D eigenvalue weighted by Crippen LogP contribution is -2.48. The van der Waals surface area contributed by atoms with Crippen molar-refractivity contribution in [2.24, 2.45) is 17.8 Å². The summed E-state index contributed by atoms with van der Waals surface area (Å²) in [5, 5.41) is 11.2. The van der Waals surface area contributed by atoms with Gasteiger partial charge in [-0.3, -0.25) is 0 Å². The largest absolute Gasteiger partial charge is 0.489 e. The highest BCUT2D eigenvalue weighted by Gasteiger charge is 2.52. The zero-order valence-corrected chi connectivity index (χ0v) is 18.6. The van der Waals surface area contributed by atoms with Crippen molar-refractivity contribution in [3.63, 3.8) is 0 Å². The van der Waals surface area contributed by atoms with Crippen molar-refractivity contribution in [3.8, 4) is 5.75 Å². The molecular formula is C30H32O2. The van der Waals surface area contributed by atoms with Gasteiger partial charge in [0.15, 0.2) is 0 Å². The molecule has 0 radical (unpaired) electrons. The highest BCUT2D eigenvalue weighted by atomic mass is 16.5. The first-order valence-corrected chi connectivity index (χ1v) is 12.2. The number of ether oxygens (including phenoxy) is 1. The predicted octanol–water partition coefficient (Wildman–Crippen LogP) is 6.82. The topological polar surface area (TPSA) is 29.5 Å². The number of aliphatic hydroxyl groups is 1. The molecule has 4 aliphatic rings. The van der Waals surface area contributed by atoms with Crippen LogP contribution in [0.3, 0.4) is 0 Å². The molecule has 3 aromatic carbocycles. The smallest absolute Gasteiger partial charge is 0.123 e. The number of benzene rings is 3. The SMILES string of the molecule is OC(c1ccccc1)c1ccc(OCc2ccccc2)c(C23CC4CC(CC(C4)C2)C3)c1. The second-order valence-electron chi connectivity index (χ2n) is 10.5. The number of rotatable bonds is 6. The van der Waals surface area contributed by atoms with Crippen molar-refractivity contribution < 1.29 is 9.84 Å². The fourth-order valence-electron chi connectivity index (χ4n) is 7.26. The molecule has 0 saturated heterocycles. The maximum Gasteiger partial charge on any atom is 0.123 e. The van der Waals surface area contributed by atoms with E-state index in [2.05, 4.69) is 42.5 Å². The monoisotopic (exact) mass is 424 g/mol.